The van der Waals surface area contributed by atoms with Crippen LogP contribution in [0.2, 0.25) is 0 Å². The molecular weight excluding hydrogens is 334 g/mol. The van der Waals surface area contributed by atoms with Crippen LogP contribution in [0.15, 0.2) is 30.4 Å². The molecule has 2 fully saturated rings. The van der Waals surface area contributed by atoms with E-state index in [2.05, 4.69) is 22.4 Å². The van der Waals surface area contributed by atoms with Crippen LogP contribution in [-0.4, -0.2) is 22.6 Å². The zero-order chi connectivity index (χ0) is 17.1. The number of anilines is 1. The number of nitro groups is 1. The molecule has 1 heterocycles. The Labute approximate surface area is 152 Å². The molecule has 1 aliphatic heterocycles. The van der Waals surface area contributed by atoms with Crippen molar-refractivity contribution in [3.8, 4) is 0 Å². The summed E-state index contributed by atoms with van der Waals surface area (Å²) >= 11 is 5.71. The molecule has 2 saturated carbocycles. The van der Waals surface area contributed by atoms with E-state index >= 15 is 0 Å². The van der Waals surface area contributed by atoms with Crippen LogP contribution in [0.4, 0.5) is 11.4 Å². The van der Waals surface area contributed by atoms with E-state index in [-0.39, 0.29) is 10.6 Å². The van der Waals surface area contributed by atoms with Gasteiger partial charge in [0.15, 0.2) is 5.11 Å². The first-order valence-corrected chi connectivity index (χ1v) is 9.54. The predicted octanol–water partition coefficient (Wildman–Crippen LogP) is 3.43. The lowest BCUT2D eigenvalue weighted by Gasteiger charge is -2.34. The first kappa shape index (κ1) is 15.3. The van der Waals surface area contributed by atoms with Gasteiger partial charge in [-0.3, -0.25) is 10.1 Å². The minimum Gasteiger partial charge on any atom is -0.359 e. The molecule has 5 atom stereocenters. The SMILES string of the molecule is O=[N+]([O-])c1ccc2c(c1)CCN2C(=S)N[C@@H]1C[C@H]2C[C@H]1[C@H]1C=CC[C@H]21. The Hall–Kier alpha value is -1.95. The zero-order valence-corrected chi connectivity index (χ0v) is 14.7. The maximum Gasteiger partial charge on any atom is 0.269 e. The minimum atomic E-state index is -0.333. The van der Waals surface area contributed by atoms with Gasteiger partial charge in [0, 0.05) is 30.4 Å². The summed E-state index contributed by atoms with van der Waals surface area (Å²) in [6.07, 6.45) is 9.43. The van der Waals surface area contributed by atoms with Gasteiger partial charge in [0.05, 0.1) is 4.92 Å². The normalized spacial score (nSPS) is 34.2. The molecule has 4 aliphatic rings. The van der Waals surface area contributed by atoms with Crippen molar-refractivity contribution < 1.29 is 4.92 Å². The number of non-ortho nitro benzene ring substituents is 1. The van der Waals surface area contributed by atoms with Crippen LogP contribution in [0.5, 0.6) is 0 Å². The van der Waals surface area contributed by atoms with Crippen molar-refractivity contribution in [1.82, 2.24) is 5.32 Å². The van der Waals surface area contributed by atoms with E-state index in [0.717, 1.165) is 47.1 Å². The Morgan fingerprint density at radius 3 is 3.04 bits per heavy atom. The van der Waals surface area contributed by atoms with Gasteiger partial charge in [-0.05, 0) is 73.2 Å². The topological polar surface area (TPSA) is 58.4 Å². The highest BCUT2D eigenvalue weighted by molar-refractivity contribution is 7.80. The van der Waals surface area contributed by atoms with Gasteiger partial charge in [-0.2, -0.15) is 0 Å². The molecular formula is C19H21N3O2S. The molecule has 0 aromatic heterocycles. The molecule has 6 heteroatoms. The van der Waals surface area contributed by atoms with Crippen LogP contribution in [0.3, 0.4) is 0 Å². The molecule has 5 rings (SSSR count). The summed E-state index contributed by atoms with van der Waals surface area (Å²) in [5.41, 5.74) is 2.20. The number of nitrogens with one attached hydrogen (secondary N) is 1. The second-order valence-electron chi connectivity index (χ2n) is 7.83. The van der Waals surface area contributed by atoms with Crippen LogP contribution in [-0.2, 0) is 6.42 Å². The van der Waals surface area contributed by atoms with Gasteiger partial charge in [0.25, 0.3) is 5.69 Å². The van der Waals surface area contributed by atoms with Crippen molar-refractivity contribution in [3.63, 3.8) is 0 Å². The molecule has 3 aliphatic carbocycles. The molecule has 5 nitrogen and oxygen atoms in total. The van der Waals surface area contributed by atoms with Crippen molar-refractivity contribution >= 4 is 28.7 Å². The van der Waals surface area contributed by atoms with Gasteiger partial charge in [-0.1, -0.05) is 12.2 Å². The second-order valence-corrected chi connectivity index (χ2v) is 8.21. The monoisotopic (exact) mass is 355 g/mol. The quantitative estimate of drug-likeness (QED) is 0.381. The number of thiocarbonyl (C=S) groups is 1. The Balaban J connectivity index is 1.31. The van der Waals surface area contributed by atoms with Crippen LogP contribution >= 0.6 is 12.2 Å². The maximum atomic E-state index is 11.0. The number of rotatable bonds is 2. The summed E-state index contributed by atoms with van der Waals surface area (Å²) in [6.45, 7) is 0.801. The predicted molar refractivity (Wildman–Crippen MR) is 101 cm³/mol. The van der Waals surface area contributed by atoms with E-state index in [4.69, 9.17) is 12.2 Å². The van der Waals surface area contributed by atoms with Crippen molar-refractivity contribution in [1.29, 1.82) is 0 Å². The lowest BCUT2D eigenvalue weighted by molar-refractivity contribution is -0.384. The van der Waals surface area contributed by atoms with Gasteiger partial charge < -0.3 is 10.2 Å². The number of fused-ring (bicyclic) bond motifs is 6. The second kappa shape index (κ2) is 5.53. The molecule has 0 spiro atoms. The third-order valence-corrected chi connectivity index (χ3v) is 7.07. The van der Waals surface area contributed by atoms with Gasteiger partial charge in [-0.25, -0.2) is 0 Å². The van der Waals surface area contributed by atoms with E-state index in [1.54, 1.807) is 12.1 Å². The average Bonchev–Trinajstić information content (AvgIpc) is 3.34. The first-order valence-electron chi connectivity index (χ1n) is 9.14. The van der Waals surface area contributed by atoms with Gasteiger partial charge >= 0.3 is 0 Å². The summed E-state index contributed by atoms with van der Waals surface area (Å²) in [7, 11) is 0. The van der Waals surface area contributed by atoms with Crippen LogP contribution in [0, 0.1) is 33.8 Å². The standard InChI is InChI=1S/C19H21N3O2S/c23-22(24)13-4-5-18-11(8-13)6-7-21(18)19(25)20-17-10-12-9-16(17)15-3-1-2-14(12)15/h1,3-5,8,12,14-17H,2,6-7,9-10H2,(H,20,25)/t12-,14-,15+,16+,17-/m1/s1. The van der Waals surface area contributed by atoms with Gasteiger partial charge in [-0.15, -0.1) is 0 Å². The van der Waals surface area contributed by atoms with Gasteiger partial charge in [0.1, 0.15) is 0 Å². The van der Waals surface area contributed by atoms with E-state index in [1.807, 2.05) is 6.07 Å². The van der Waals surface area contributed by atoms with Crippen molar-refractivity contribution in [3.05, 3.63) is 46.0 Å². The summed E-state index contributed by atoms with van der Waals surface area (Å²) < 4.78 is 0. The fourth-order valence-electron chi connectivity index (χ4n) is 5.66. The summed E-state index contributed by atoms with van der Waals surface area (Å²) in [4.78, 5) is 12.7. The van der Waals surface area contributed by atoms with E-state index < -0.39 is 0 Å². The highest BCUT2D eigenvalue weighted by Gasteiger charge is 2.52. The minimum absolute atomic E-state index is 0.159. The van der Waals surface area contributed by atoms with Crippen molar-refractivity contribution in [2.45, 2.75) is 31.7 Å². The van der Waals surface area contributed by atoms with E-state index in [1.165, 1.54) is 19.3 Å². The highest BCUT2D eigenvalue weighted by atomic mass is 32.1. The number of nitro benzene ring substituents is 1. The summed E-state index contributed by atoms with van der Waals surface area (Å²) in [6, 6.07) is 5.57. The molecule has 1 aromatic carbocycles. The molecule has 2 bridgehead atoms. The number of hydrogen-bond donors (Lipinski definition) is 1. The molecule has 0 unspecified atom stereocenters. The third-order valence-electron chi connectivity index (χ3n) is 6.73. The van der Waals surface area contributed by atoms with Crippen molar-refractivity contribution in [2.75, 3.05) is 11.4 Å². The Bertz CT molecular complexity index is 793. The molecule has 1 aromatic rings. The Morgan fingerprint density at radius 2 is 2.20 bits per heavy atom. The lowest BCUT2D eigenvalue weighted by Crippen LogP contribution is -2.48. The number of benzene rings is 1. The molecule has 0 radical (unpaired) electrons. The summed E-state index contributed by atoms with van der Waals surface area (Å²) in [5.74, 6) is 3.18. The number of nitrogens with zero attached hydrogens (tertiary/aromatic N) is 2. The number of allylic oxidation sites excluding steroid dienone is 2. The number of hydrogen-bond acceptors (Lipinski definition) is 3. The van der Waals surface area contributed by atoms with Crippen LogP contribution in [0.1, 0.15) is 24.8 Å². The van der Waals surface area contributed by atoms with E-state index in [9.17, 15) is 10.1 Å². The van der Waals surface area contributed by atoms with Crippen LogP contribution < -0.4 is 10.2 Å². The molecule has 1 N–H and O–H groups in total. The Morgan fingerprint density at radius 1 is 1.32 bits per heavy atom. The Kier molecular flexibility index (Phi) is 3.39. The molecule has 25 heavy (non-hydrogen) atoms. The average molecular weight is 355 g/mol. The maximum absolute atomic E-state index is 11.0. The highest BCUT2D eigenvalue weighted by Crippen LogP contribution is 2.56. The fourth-order valence-corrected chi connectivity index (χ4v) is 6.00. The van der Waals surface area contributed by atoms with Gasteiger partial charge in [0.2, 0.25) is 0 Å². The van der Waals surface area contributed by atoms with E-state index in [0.29, 0.717) is 12.0 Å². The molecule has 130 valence electrons. The fraction of sp³-hybridized carbons (Fsp3) is 0.526. The smallest absolute Gasteiger partial charge is 0.269 e. The molecule has 0 saturated heterocycles. The largest absolute Gasteiger partial charge is 0.359 e. The molecule has 0 amide bonds. The zero-order valence-electron chi connectivity index (χ0n) is 13.9. The van der Waals surface area contributed by atoms with Crippen molar-refractivity contribution in [2.24, 2.45) is 23.7 Å². The lowest BCUT2D eigenvalue weighted by atomic mass is 9.79. The third kappa shape index (κ3) is 2.30. The summed E-state index contributed by atoms with van der Waals surface area (Å²) in [5, 5.41) is 15.4. The van der Waals surface area contributed by atoms with Crippen LogP contribution in [0.25, 0.3) is 0 Å². The first-order chi connectivity index (χ1) is 12.1.